The maximum atomic E-state index is 13.0. The Morgan fingerprint density at radius 1 is 1.17 bits per heavy atom. The van der Waals surface area contributed by atoms with E-state index in [0.717, 1.165) is 28.5 Å². The van der Waals surface area contributed by atoms with Crippen molar-refractivity contribution in [3.8, 4) is 11.1 Å². The van der Waals surface area contributed by atoms with Crippen molar-refractivity contribution in [3.63, 3.8) is 0 Å². The van der Waals surface area contributed by atoms with E-state index in [2.05, 4.69) is 15.3 Å². The summed E-state index contributed by atoms with van der Waals surface area (Å²) in [6.45, 7) is 3.74. The average molecular weight is 440 g/mol. The van der Waals surface area contributed by atoms with Gasteiger partial charge < -0.3 is 10.3 Å². The Kier molecular flexibility index (Phi) is 5.69. The van der Waals surface area contributed by atoms with Crippen LogP contribution in [0.2, 0.25) is 0 Å². The molecule has 2 N–H and O–H groups in total. The summed E-state index contributed by atoms with van der Waals surface area (Å²) in [5.74, 6) is -0.632. The van der Waals surface area contributed by atoms with Gasteiger partial charge in [-0.1, -0.05) is 41.6 Å². The smallest absolute Gasteiger partial charge is 0.260 e. The highest BCUT2D eigenvalue weighted by atomic mass is 32.2. The van der Waals surface area contributed by atoms with Crippen molar-refractivity contribution in [3.05, 3.63) is 75.6 Å². The number of aromatic amines is 1. The van der Waals surface area contributed by atoms with Crippen LogP contribution in [0, 0.1) is 12.7 Å². The first-order valence-corrected chi connectivity index (χ1v) is 11.0. The number of hydrogen-bond donors (Lipinski definition) is 2. The second-order valence-electron chi connectivity index (χ2n) is 6.82. The fourth-order valence-electron chi connectivity index (χ4n) is 2.93. The minimum absolute atomic E-state index is 0.231. The highest BCUT2D eigenvalue weighted by Crippen LogP contribution is 2.32. The number of aryl methyl sites for hydroxylation is 1. The molecule has 1 atom stereocenters. The monoisotopic (exact) mass is 439 g/mol. The number of thioether (sulfide) groups is 1. The van der Waals surface area contributed by atoms with Gasteiger partial charge in [0, 0.05) is 16.6 Å². The standard InChI is InChI=1S/C22H18FN3O2S2/c1-12-3-5-14(6-4-12)17-11-29-21-18(17)20(28)25-22(26-21)30-13(2)19(27)24-16-9-7-15(23)8-10-16/h3-11,13H,1-2H3,(H,24,27)(H,25,26,28). The van der Waals surface area contributed by atoms with Gasteiger partial charge in [-0.3, -0.25) is 9.59 Å². The molecule has 4 rings (SSSR count). The van der Waals surface area contributed by atoms with E-state index in [1.54, 1.807) is 6.92 Å². The maximum absolute atomic E-state index is 13.0. The summed E-state index contributed by atoms with van der Waals surface area (Å²) in [5, 5.41) is 5.08. The largest absolute Gasteiger partial charge is 0.325 e. The number of nitrogens with zero attached hydrogens (tertiary/aromatic N) is 1. The predicted octanol–water partition coefficient (Wildman–Crippen LogP) is 5.22. The van der Waals surface area contributed by atoms with Gasteiger partial charge >= 0.3 is 0 Å². The average Bonchev–Trinajstić information content (AvgIpc) is 3.15. The lowest BCUT2D eigenvalue weighted by Crippen LogP contribution is -2.23. The Morgan fingerprint density at radius 2 is 1.87 bits per heavy atom. The van der Waals surface area contributed by atoms with Gasteiger partial charge in [-0.25, -0.2) is 9.37 Å². The highest BCUT2D eigenvalue weighted by Gasteiger charge is 2.18. The molecule has 0 saturated heterocycles. The molecule has 30 heavy (non-hydrogen) atoms. The van der Waals surface area contributed by atoms with Crippen molar-refractivity contribution in [2.24, 2.45) is 0 Å². The Balaban J connectivity index is 1.55. The van der Waals surface area contributed by atoms with Crippen LogP contribution in [0.4, 0.5) is 10.1 Å². The summed E-state index contributed by atoms with van der Waals surface area (Å²) in [4.78, 5) is 33.1. The number of carbonyl (C=O) groups excluding carboxylic acids is 1. The highest BCUT2D eigenvalue weighted by molar-refractivity contribution is 8.00. The number of amides is 1. The van der Waals surface area contributed by atoms with Crippen LogP contribution in [0.1, 0.15) is 12.5 Å². The van der Waals surface area contributed by atoms with Crippen molar-refractivity contribution in [1.82, 2.24) is 9.97 Å². The molecule has 0 aliphatic carbocycles. The number of rotatable bonds is 5. The van der Waals surface area contributed by atoms with Crippen LogP contribution in [0.3, 0.4) is 0 Å². The summed E-state index contributed by atoms with van der Waals surface area (Å²) in [5.41, 5.74) is 3.24. The molecule has 0 fully saturated rings. The molecule has 152 valence electrons. The molecule has 8 heteroatoms. The Morgan fingerprint density at radius 3 is 2.57 bits per heavy atom. The third-order valence-corrected chi connectivity index (χ3v) is 6.41. The van der Waals surface area contributed by atoms with Crippen molar-refractivity contribution in [2.75, 3.05) is 5.32 Å². The van der Waals surface area contributed by atoms with E-state index in [4.69, 9.17) is 0 Å². The van der Waals surface area contributed by atoms with E-state index in [-0.39, 0.29) is 17.3 Å². The van der Waals surface area contributed by atoms with Gasteiger partial charge in [0.1, 0.15) is 10.6 Å². The maximum Gasteiger partial charge on any atom is 0.260 e. The molecular weight excluding hydrogens is 421 g/mol. The molecule has 2 heterocycles. The number of fused-ring (bicyclic) bond motifs is 1. The molecule has 1 amide bonds. The number of benzene rings is 2. The second kappa shape index (κ2) is 8.41. The van der Waals surface area contributed by atoms with Gasteiger partial charge in [-0.2, -0.15) is 0 Å². The Bertz CT molecular complexity index is 1260. The van der Waals surface area contributed by atoms with Crippen molar-refractivity contribution < 1.29 is 9.18 Å². The second-order valence-corrected chi connectivity index (χ2v) is 9.01. The summed E-state index contributed by atoms with van der Waals surface area (Å²) < 4.78 is 13.0. The molecular formula is C22H18FN3O2S2. The van der Waals surface area contributed by atoms with Crippen LogP contribution in [0.25, 0.3) is 21.3 Å². The Hall–Kier alpha value is -2.97. The summed E-state index contributed by atoms with van der Waals surface area (Å²) in [6.07, 6.45) is 0. The van der Waals surface area contributed by atoms with Crippen molar-refractivity contribution in [2.45, 2.75) is 24.3 Å². The molecule has 5 nitrogen and oxygen atoms in total. The summed E-state index contributed by atoms with van der Waals surface area (Å²) in [7, 11) is 0. The van der Waals surface area contributed by atoms with E-state index in [1.807, 2.05) is 36.6 Å². The van der Waals surface area contributed by atoms with Crippen molar-refractivity contribution in [1.29, 1.82) is 0 Å². The van der Waals surface area contributed by atoms with Crippen LogP contribution < -0.4 is 10.9 Å². The van der Waals surface area contributed by atoms with Crippen LogP contribution >= 0.6 is 23.1 Å². The molecule has 2 aromatic carbocycles. The van der Waals surface area contributed by atoms with E-state index in [0.29, 0.717) is 21.1 Å². The first kappa shape index (κ1) is 20.3. The van der Waals surface area contributed by atoms with E-state index < -0.39 is 5.25 Å². The van der Waals surface area contributed by atoms with Gasteiger partial charge in [-0.05, 0) is 43.7 Å². The SMILES string of the molecule is Cc1ccc(-c2csc3nc(SC(C)C(=O)Nc4ccc(F)cc4)[nH]c(=O)c23)cc1. The molecule has 1 unspecified atom stereocenters. The van der Waals surface area contributed by atoms with Crippen LogP contribution in [-0.4, -0.2) is 21.1 Å². The molecule has 0 aliphatic rings. The normalized spacial score (nSPS) is 12.1. The van der Waals surface area contributed by atoms with E-state index >= 15 is 0 Å². The summed E-state index contributed by atoms with van der Waals surface area (Å²) in [6, 6.07) is 13.5. The zero-order valence-electron chi connectivity index (χ0n) is 16.2. The zero-order chi connectivity index (χ0) is 21.3. The van der Waals surface area contributed by atoms with Gasteiger partial charge in [0.05, 0.1) is 10.6 Å². The lowest BCUT2D eigenvalue weighted by atomic mass is 10.1. The van der Waals surface area contributed by atoms with E-state index in [9.17, 15) is 14.0 Å². The number of H-pyrrole nitrogens is 1. The number of halogens is 1. The predicted molar refractivity (Wildman–Crippen MR) is 121 cm³/mol. The lowest BCUT2D eigenvalue weighted by Gasteiger charge is -2.11. The number of thiophene rings is 1. The number of aromatic nitrogens is 2. The minimum Gasteiger partial charge on any atom is -0.325 e. The van der Waals surface area contributed by atoms with Crippen molar-refractivity contribution >= 4 is 44.9 Å². The third kappa shape index (κ3) is 4.29. The molecule has 0 bridgehead atoms. The minimum atomic E-state index is -0.507. The molecule has 0 spiro atoms. The van der Waals surface area contributed by atoms with E-state index in [1.165, 1.54) is 35.6 Å². The topological polar surface area (TPSA) is 74.8 Å². The van der Waals surface area contributed by atoms with Gasteiger partial charge in [0.25, 0.3) is 5.56 Å². The zero-order valence-corrected chi connectivity index (χ0v) is 17.9. The number of nitrogens with one attached hydrogen (secondary N) is 2. The fraction of sp³-hybridized carbons (Fsp3) is 0.136. The fourth-order valence-corrected chi connectivity index (χ4v) is 4.73. The third-order valence-electron chi connectivity index (χ3n) is 4.55. The number of carbonyl (C=O) groups is 1. The van der Waals surface area contributed by atoms with Crippen LogP contribution in [0.5, 0.6) is 0 Å². The first-order chi connectivity index (χ1) is 14.4. The molecule has 0 saturated carbocycles. The number of anilines is 1. The Labute approximate surface area is 180 Å². The molecule has 2 aromatic heterocycles. The first-order valence-electron chi connectivity index (χ1n) is 9.22. The molecule has 0 radical (unpaired) electrons. The molecule has 4 aromatic rings. The van der Waals surface area contributed by atoms with Gasteiger partial charge in [0.2, 0.25) is 5.91 Å². The van der Waals surface area contributed by atoms with Gasteiger partial charge in [-0.15, -0.1) is 11.3 Å². The number of hydrogen-bond acceptors (Lipinski definition) is 5. The lowest BCUT2D eigenvalue weighted by molar-refractivity contribution is -0.115. The quantitative estimate of drug-likeness (QED) is 0.330. The summed E-state index contributed by atoms with van der Waals surface area (Å²) >= 11 is 2.56. The van der Waals surface area contributed by atoms with Gasteiger partial charge in [0.15, 0.2) is 5.16 Å². The van der Waals surface area contributed by atoms with Crippen LogP contribution in [-0.2, 0) is 4.79 Å². The molecule has 0 aliphatic heterocycles. The van der Waals surface area contributed by atoms with Crippen LogP contribution in [0.15, 0.2) is 63.9 Å².